The number of rotatable bonds is 4. The first-order valence-electron chi connectivity index (χ1n) is 6.56. The van der Waals surface area contributed by atoms with Gasteiger partial charge in [-0.1, -0.05) is 11.2 Å². The lowest BCUT2D eigenvalue weighted by Crippen LogP contribution is -2.24. The van der Waals surface area contributed by atoms with Gasteiger partial charge in [0.1, 0.15) is 0 Å². The van der Waals surface area contributed by atoms with Gasteiger partial charge in [-0.15, -0.1) is 0 Å². The van der Waals surface area contributed by atoms with Crippen molar-refractivity contribution in [1.29, 1.82) is 0 Å². The molecule has 1 unspecified atom stereocenters. The van der Waals surface area contributed by atoms with Gasteiger partial charge in [0.05, 0.1) is 18.1 Å². The maximum atomic E-state index is 12.1. The molecule has 1 fully saturated rings. The molecule has 0 saturated carbocycles. The zero-order chi connectivity index (χ0) is 14.7. The predicted molar refractivity (Wildman–Crippen MR) is 75.8 cm³/mol. The number of aromatic nitrogens is 3. The first-order valence-corrected chi connectivity index (χ1v) is 6.56. The molecule has 3 rings (SSSR count). The number of azide groups is 1. The first kappa shape index (κ1) is 13.1. The minimum absolute atomic E-state index is 0.0405. The maximum Gasteiger partial charge on any atom is 0.227 e. The van der Waals surface area contributed by atoms with Gasteiger partial charge in [-0.3, -0.25) is 4.79 Å². The van der Waals surface area contributed by atoms with Crippen molar-refractivity contribution < 1.29 is 4.79 Å². The van der Waals surface area contributed by atoms with Crippen LogP contribution in [0.5, 0.6) is 0 Å². The van der Waals surface area contributed by atoms with Crippen molar-refractivity contribution >= 4 is 11.6 Å². The van der Waals surface area contributed by atoms with Crippen LogP contribution in [-0.4, -0.2) is 34.0 Å². The number of amides is 1. The van der Waals surface area contributed by atoms with Crippen LogP contribution >= 0.6 is 0 Å². The van der Waals surface area contributed by atoms with Crippen LogP contribution in [0.15, 0.2) is 41.8 Å². The molecule has 1 amide bonds. The van der Waals surface area contributed by atoms with Gasteiger partial charge in [0.2, 0.25) is 5.91 Å². The Bertz CT molecular complexity index is 690. The van der Waals surface area contributed by atoms with E-state index in [9.17, 15) is 4.79 Å². The van der Waals surface area contributed by atoms with Gasteiger partial charge in [-0.25, -0.2) is 0 Å². The molecule has 0 aliphatic carbocycles. The van der Waals surface area contributed by atoms with Crippen LogP contribution in [0.25, 0.3) is 16.1 Å². The van der Waals surface area contributed by atoms with Crippen molar-refractivity contribution in [3.05, 3.63) is 47.1 Å². The van der Waals surface area contributed by atoms with Gasteiger partial charge in [0.25, 0.3) is 0 Å². The van der Waals surface area contributed by atoms with Crippen molar-refractivity contribution in [2.75, 3.05) is 18.0 Å². The van der Waals surface area contributed by atoms with E-state index in [0.29, 0.717) is 19.5 Å². The molecular weight excluding hydrogens is 270 g/mol. The summed E-state index contributed by atoms with van der Waals surface area (Å²) in [5, 5.41) is 11.7. The Morgan fingerprint density at radius 1 is 1.33 bits per heavy atom. The van der Waals surface area contributed by atoms with E-state index in [2.05, 4.69) is 20.2 Å². The fourth-order valence-electron chi connectivity index (χ4n) is 2.44. The number of hydrogen-bond acceptors (Lipinski definition) is 4. The third-order valence-electron chi connectivity index (χ3n) is 3.40. The van der Waals surface area contributed by atoms with Crippen LogP contribution in [0, 0.1) is 5.92 Å². The van der Waals surface area contributed by atoms with E-state index in [0.717, 1.165) is 11.4 Å². The highest BCUT2D eigenvalue weighted by Crippen LogP contribution is 2.26. The number of carbonyl (C=O) groups excluding carboxylic acids is 1. The molecular formula is C13H13N7O. The third-order valence-corrected chi connectivity index (χ3v) is 3.40. The summed E-state index contributed by atoms with van der Waals surface area (Å²) in [7, 11) is 0. The van der Waals surface area contributed by atoms with Crippen molar-refractivity contribution in [2.45, 2.75) is 6.42 Å². The largest absolute Gasteiger partial charge is 0.312 e. The molecule has 0 spiro atoms. The molecule has 1 aromatic carbocycles. The van der Waals surface area contributed by atoms with Crippen LogP contribution < -0.4 is 4.90 Å². The standard InChI is InChI=1S/C13H13N7O/c14-18-15-8-10-6-13(21)19(9-10)11-2-1-3-12(7-11)20-16-4-5-17-20/h1-5,7,10H,6,8-9H2. The minimum Gasteiger partial charge on any atom is -0.312 e. The first-order chi connectivity index (χ1) is 10.3. The minimum atomic E-state index is 0.0405. The van der Waals surface area contributed by atoms with Crippen LogP contribution in [0.2, 0.25) is 0 Å². The molecule has 1 aliphatic heterocycles. The van der Waals surface area contributed by atoms with Gasteiger partial charge in [0, 0.05) is 30.1 Å². The van der Waals surface area contributed by atoms with Gasteiger partial charge >= 0.3 is 0 Å². The number of benzene rings is 1. The predicted octanol–water partition coefficient (Wildman–Crippen LogP) is 1.93. The van der Waals surface area contributed by atoms with E-state index in [4.69, 9.17) is 5.53 Å². The quantitative estimate of drug-likeness (QED) is 0.486. The number of anilines is 1. The zero-order valence-corrected chi connectivity index (χ0v) is 11.2. The van der Waals surface area contributed by atoms with Gasteiger partial charge in [-0.2, -0.15) is 15.0 Å². The Kier molecular flexibility index (Phi) is 3.53. The fourth-order valence-corrected chi connectivity index (χ4v) is 2.44. The smallest absolute Gasteiger partial charge is 0.227 e. The molecule has 2 aromatic rings. The maximum absolute atomic E-state index is 12.1. The second-order valence-corrected chi connectivity index (χ2v) is 4.83. The Hall–Kier alpha value is -2.86. The van der Waals surface area contributed by atoms with Gasteiger partial charge in [0.15, 0.2) is 0 Å². The Morgan fingerprint density at radius 2 is 2.10 bits per heavy atom. The molecule has 21 heavy (non-hydrogen) atoms. The normalized spacial score (nSPS) is 17.8. The molecule has 1 aliphatic rings. The third kappa shape index (κ3) is 2.70. The summed E-state index contributed by atoms with van der Waals surface area (Å²) in [6.45, 7) is 0.910. The van der Waals surface area contributed by atoms with Crippen molar-refractivity contribution in [3.63, 3.8) is 0 Å². The zero-order valence-electron chi connectivity index (χ0n) is 11.2. The highest BCUT2D eigenvalue weighted by Gasteiger charge is 2.30. The second-order valence-electron chi connectivity index (χ2n) is 4.83. The summed E-state index contributed by atoms with van der Waals surface area (Å²) in [6.07, 6.45) is 3.61. The molecule has 8 nitrogen and oxygen atoms in total. The van der Waals surface area contributed by atoms with E-state index >= 15 is 0 Å². The topological polar surface area (TPSA) is 99.8 Å². The summed E-state index contributed by atoms with van der Waals surface area (Å²) >= 11 is 0. The molecule has 1 atom stereocenters. The van der Waals surface area contributed by atoms with E-state index in [-0.39, 0.29) is 11.8 Å². The Balaban J connectivity index is 1.82. The molecule has 1 saturated heterocycles. The van der Waals surface area contributed by atoms with Crippen molar-refractivity contribution in [3.8, 4) is 5.69 Å². The molecule has 1 aromatic heterocycles. The van der Waals surface area contributed by atoms with Gasteiger partial charge in [-0.05, 0) is 29.6 Å². The van der Waals surface area contributed by atoms with Crippen LogP contribution in [0.1, 0.15) is 6.42 Å². The fraction of sp³-hybridized carbons (Fsp3) is 0.308. The monoisotopic (exact) mass is 283 g/mol. The summed E-state index contributed by atoms with van der Waals surface area (Å²) in [4.78, 5) is 18.1. The molecule has 106 valence electrons. The van der Waals surface area contributed by atoms with Crippen molar-refractivity contribution in [1.82, 2.24) is 15.0 Å². The lowest BCUT2D eigenvalue weighted by Gasteiger charge is -2.17. The van der Waals surface area contributed by atoms with Crippen LogP contribution in [-0.2, 0) is 4.79 Å². The average Bonchev–Trinajstić information content (AvgIpc) is 3.15. The van der Waals surface area contributed by atoms with E-state index in [1.165, 1.54) is 4.80 Å². The highest BCUT2D eigenvalue weighted by molar-refractivity contribution is 5.96. The van der Waals surface area contributed by atoms with Crippen LogP contribution in [0.3, 0.4) is 0 Å². The van der Waals surface area contributed by atoms with E-state index < -0.39 is 0 Å². The average molecular weight is 283 g/mol. The Morgan fingerprint density at radius 3 is 2.86 bits per heavy atom. The highest BCUT2D eigenvalue weighted by atomic mass is 16.2. The lowest BCUT2D eigenvalue weighted by atomic mass is 10.1. The number of hydrogen-bond donors (Lipinski definition) is 0. The summed E-state index contributed by atoms with van der Waals surface area (Å²) < 4.78 is 0. The summed E-state index contributed by atoms with van der Waals surface area (Å²) in [6, 6.07) is 7.48. The number of carbonyl (C=O) groups is 1. The number of nitrogens with zero attached hydrogens (tertiary/aromatic N) is 7. The molecule has 8 heteroatoms. The van der Waals surface area contributed by atoms with Gasteiger partial charge < -0.3 is 4.90 Å². The SMILES string of the molecule is [N-]=[N+]=NCC1CC(=O)N(c2cccc(-n3nccn3)c2)C1. The van der Waals surface area contributed by atoms with Crippen molar-refractivity contribution in [2.24, 2.45) is 11.0 Å². The molecule has 0 N–H and O–H groups in total. The van der Waals surface area contributed by atoms with Crippen LogP contribution in [0.4, 0.5) is 5.69 Å². The summed E-state index contributed by atoms with van der Waals surface area (Å²) in [5.74, 6) is 0.110. The van der Waals surface area contributed by atoms with E-state index in [1.807, 2.05) is 24.3 Å². The second kappa shape index (κ2) is 5.64. The Labute approximate surface area is 120 Å². The molecule has 0 radical (unpaired) electrons. The molecule has 0 bridgehead atoms. The van der Waals surface area contributed by atoms with E-state index in [1.54, 1.807) is 17.3 Å². The lowest BCUT2D eigenvalue weighted by molar-refractivity contribution is -0.117. The summed E-state index contributed by atoms with van der Waals surface area (Å²) in [5.41, 5.74) is 9.96. The molecule has 2 heterocycles.